The van der Waals surface area contributed by atoms with E-state index in [-0.39, 0.29) is 51.2 Å². The smallest absolute Gasteiger partial charge is 0.342 e. The first kappa shape index (κ1) is 25.4. The van der Waals surface area contributed by atoms with E-state index in [1.54, 1.807) is 6.07 Å². The van der Waals surface area contributed by atoms with Crippen molar-refractivity contribution in [2.75, 3.05) is 25.1 Å². The Labute approximate surface area is 227 Å². The Morgan fingerprint density at radius 2 is 1.95 bits per heavy atom. The highest BCUT2D eigenvalue weighted by molar-refractivity contribution is 6.30. The molecule has 1 saturated heterocycles. The van der Waals surface area contributed by atoms with Crippen LogP contribution >= 0.6 is 11.6 Å². The predicted octanol–water partition coefficient (Wildman–Crippen LogP) is 3.70. The number of pyridine rings is 2. The van der Waals surface area contributed by atoms with E-state index in [0.717, 1.165) is 15.2 Å². The van der Waals surface area contributed by atoms with Gasteiger partial charge in [0.1, 0.15) is 34.6 Å². The fourth-order valence-corrected chi connectivity index (χ4v) is 4.97. The Morgan fingerprint density at radius 1 is 1.15 bits per heavy atom. The lowest BCUT2D eigenvalue weighted by molar-refractivity contribution is 0.0256. The molecule has 1 aliphatic rings. The molecule has 1 aromatic carbocycles. The summed E-state index contributed by atoms with van der Waals surface area (Å²) in [6.07, 6.45) is 2.31. The van der Waals surface area contributed by atoms with Crippen molar-refractivity contribution in [3.8, 4) is 23.5 Å². The molecule has 0 amide bonds. The highest BCUT2D eigenvalue weighted by atomic mass is 35.5. The second-order valence-electron chi connectivity index (χ2n) is 9.14. The fraction of sp³-hybridized carbons (Fsp3) is 0.192. The van der Waals surface area contributed by atoms with Crippen molar-refractivity contribution in [3.05, 3.63) is 86.0 Å². The monoisotopic (exact) mass is 567 g/mol. The SMILES string of the molecule is COc1nc(N2CCC(F)(F)C2)cc2c1c(=O)n(-c1cnc3ccc(C#N)cn13)c(=O)n2-c1ccc(F)c(Cl)c1. The molecule has 0 radical (unpaired) electrons. The summed E-state index contributed by atoms with van der Waals surface area (Å²) in [5.74, 6) is -3.82. The molecule has 10 nitrogen and oxygen atoms in total. The Kier molecular flexibility index (Phi) is 5.81. The first-order chi connectivity index (χ1) is 19.1. The maximum absolute atomic E-state index is 14.1. The van der Waals surface area contributed by atoms with Gasteiger partial charge in [0, 0.05) is 25.2 Å². The number of ether oxygens (including phenoxy) is 1. The topological polar surface area (TPSA) is 110 Å². The van der Waals surface area contributed by atoms with Crippen LogP contribution in [0.2, 0.25) is 5.02 Å². The summed E-state index contributed by atoms with van der Waals surface area (Å²) in [5, 5.41) is 8.93. The number of rotatable bonds is 4. The van der Waals surface area contributed by atoms with Crippen molar-refractivity contribution < 1.29 is 17.9 Å². The number of aromatic nitrogens is 5. The lowest BCUT2D eigenvalue weighted by Gasteiger charge is -2.21. The van der Waals surface area contributed by atoms with Gasteiger partial charge in [-0.1, -0.05) is 11.6 Å². The van der Waals surface area contributed by atoms with Gasteiger partial charge < -0.3 is 9.64 Å². The summed E-state index contributed by atoms with van der Waals surface area (Å²) in [5.41, 5.74) is -1.05. The van der Waals surface area contributed by atoms with Crippen LogP contribution in [0.1, 0.15) is 12.0 Å². The second kappa shape index (κ2) is 9.13. The van der Waals surface area contributed by atoms with Crippen LogP contribution in [0.3, 0.4) is 0 Å². The van der Waals surface area contributed by atoms with Crippen molar-refractivity contribution in [2.45, 2.75) is 12.3 Å². The van der Waals surface area contributed by atoms with Crippen molar-refractivity contribution in [3.63, 3.8) is 0 Å². The van der Waals surface area contributed by atoms with E-state index in [9.17, 15) is 28.0 Å². The van der Waals surface area contributed by atoms with Crippen LogP contribution in [0.5, 0.6) is 5.88 Å². The molecule has 0 saturated carbocycles. The van der Waals surface area contributed by atoms with Gasteiger partial charge in [-0.15, -0.1) is 0 Å². The van der Waals surface area contributed by atoms with E-state index < -0.39 is 36.0 Å². The number of nitriles is 1. The van der Waals surface area contributed by atoms with E-state index in [4.69, 9.17) is 16.3 Å². The number of alkyl halides is 2. The Hall–Kier alpha value is -4.83. The molecule has 0 unspecified atom stereocenters. The van der Waals surface area contributed by atoms with E-state index in [1.807, 2.05) is 6.07 Å². The fourth-order valence-electron chi connectivity index (χ4n) is 4.79. The number of hydrogen-bond donors (Lipinski definition) is 0. The number of hydrogen-bond acceptors (Lipinski definition) is 7. The van der Waals surface area contributed by atoms with E-state index in [2.05, 4.69) is 9.97 Å². The van der Waals surface area contributed by atoms with E-state index in [0.29, 0.717) is 5.65 Å². The number of fused-ring (bicyclic) bond motifs is 2. The molecule has 0 bridgehead atoms. The molecule has 40 heavy (non-hydrogen) atoms. The number of benzene rings is 1. The lowest BCUT2D eigenvalue weighted by Crippen LogP contribution is -2.39. The molecule has 0 aliphatic carbocycles. The molecule has 202 valence electrons. The van der Waals surface area contributed by atoms with E-state index in [1.165, 1.54) is 53.1 Å². The van der Waals surface area contributed by atoms with Crippen LogP contribution < -0.4 is 20.9 Å². The van der Waals surface area contributed by atoms with Gasteiger partial charge in [0.25, 0.3) is 11.5 Å². The molecule has 1 fully saturated rings. The number of anilines is 1. The molecule has 0 N–H and O–H groups in total. The van der Waals surface area contributed by atoms with E-state index >= 15 is 0 Å². The average Bonchev–Trinajstić information content (AvgIpc) is 3.52. The summed E-state index contributed by atoms with van der Waals surface area (Å²) in [6, 6.07) is 9.96. The molecular formula is C26H17ClF3N7O3. The molecular weight excluding hydrogens is 551 g/mol. The summed E-state index contributed by atoms with van der Waals surface area (Å²) in [4.78, 5) is 38.0. The molecule has 6 rings (SSSR count). The van der Waals surface area contributed by atoms with Gasteiger partial charge in [-0.2, -0.15) is 10.2 Å². The minimum absolute atomic E-state index is 0.0104. The summed E-state index contributed by atoms with van der Waals surface area (Å²) in [7, 11) is 1.26. The molecule has 0 atom stereocenters. The predicted molar refractivity (Wildman–Crippen MR) is 140 cm³/mol. The minimum atomic E-state index is -2.94. The highest BCUT2D eigenvalue weighted by Crippen LogP contribution is 2.34. The number of imidazole rings is 1. The third-order valence-electron chi connectivity index (χ3n) is 6.69. The van der Waals surface area contributed by atoms with Crippen LogP contribution in [0.25, 0.3) is 28.1 Å². The lowest BCUT2D eigenvalue weighted by atomic mass is 10.2. The zero-order valence-electron chi connectivity index (χ0n) is 20.6. The van der Waals surface area contributed by atoms with Gasteiger partial charge in [0.05, 0.1) is 41.6 Å². The second-order valence-corrected chi connectivity index (χ2v) is 9.55. The van der Waals surface area contributed by atoms with Gasteiger partial charge in [-0.3, -0.25) is 13.8 Å². The Morgan fingerprint density at radius 3 is 2.62 bits per heavy atom. The molecule has 5 aromatic rings. The highest BCUT2D eigenvalue weighted by Gasteiger charge is 2.39. The average molecular weight is 568 g/mol. The Bertz CT molecular complexity index is 2010. The first-order valence-corrected chi connectivity index (χ1v) is 12.2. The van der Waals surface area contributed by atoms with Crippen LogP contribution in [0, 0.1) is 17.1 Å². The van der Waals surface area contributed by atoms with Gasteiger partial charge in [0.2, 0.25) is 5.88 Å². The largest absolute Gasteiger partial charge is 0.480 e. The van der Waals surface area contributed by atoms with Crippen LogP contribution in [-0.2, 0) is 0 Å². The molecule has 5 heterocycles. The normalized spacial score (nSPS) is 14.7. The maximum atomic E-state index is 14.1. The van der Waals surface area contributed by atoms with Crippen LogP contribution in [0.15, 0.2) is 58.4 Å². The molecule has 1 aliphatic heterocycles. The standard InChI is InChI=1S/C26H17ClF3N7O3/c1-40-23-22-18(9-20(33-23)34-7-6-26(29,30)13-34)36(15-3-4-17(28)16(27)8-15)25(39)37(24(22)38)21-11-32-19-5-2-14(10-31)12-35(19)21/h2-5,8-9,11-12H,6-7,13H2,1H3. The van der Waals surface area contributed by atoms with Crippen molar-refractivity contribution >= 4 is 34.0 Å². The number of methoxy groups -OCH3 is 1. The zero-order chi connectivity index (χ0) is 28.3. The summed E-state index contributed by atoms with van der Waals surface area (Å²) >= 11 is 6.04. The molecule has 0 spiro atoms. The number of halogens is 4. The molecule has 14 heteroatoms. The Balaban J connectivity index is 1.74. The maximum Gasteiger partial charge on any atom is 0.342 e. The zero-order valence-corrected chi connectivity index (χ0v) is 21.4. The van der Waals surface area contributed by atoms with Crippen LogP contribution in [0.4, 0.5) is 19.0 Å². The first-order valence-electron chi connectivity index (χ1n) is 11.8. The van der Waals surface area contributed by atoms with Gasteiger partial charge in [0.15, 0.2) is 0 Å². The summed E-state index contributed by atoms with van der Waals surface area (Å²) < 4.78 is 50.9. The van der Waals surface area contributed by atoms with Crippen molar-refractivity contribution in [1.82, 2.24) is 23.5 Å². The van der Waals surface area contributed by atoms with Gasteiger partial charge >= 0.3 is 5.69 Å². The third kappa shape index (κ3) is 3.95. The van der Waals surface area contributed by atoms with Crippen molar-refractivity contribution in [1.29, 1.82) is 5.26 Å². The van der Waals surface area contributed by atoms with Crippen LogP contribution in [-0.4, -0.2) is 49.6 Å². The summed E-state index contributed by atoms with van der Waals surface area (Å²) in [6.45, 7) is -0.622. The minimum Gasteiger partial charge on any atom is -0.480 e. The number of nitrogens with zero attached hydrogens (tertiary/aromatic N) is 7. The van der Waals surface area contributed by atoms with Gasteiger partial charge in [-0.25, -0.2) is 27.5 Å². The molecule has 4 aromatic heterocycles. The van der Waals surface area contributed by atoms with Crippen molar-refractivity contribution in [2.24, 2.45) is 0 Å². The third-order valence-corrected chi connectivity index (χ3v) is 6.97. The van der Waals surface area contributed by atoms with Gasteiger partial charge in [-0.05, 0) is 30.3 Å². The quantitative estimate of drug-likeness (QED) is 0.326.